The predicted octanol–water partition coefficient (Wildman–Crippen LogP) is 2.68. The van der Waals surface area contributed by atoms with E-state index in [-0.39, 0.29) is 12.0 Å². The Bertz CT molecular complexity index is 448. The summed E-state index contributed by atoms with van der Waals surface area (Å²) >= 11 is 0. The van der Waals surface area contributed by atoms with E-state index in [2.05, 4.69) is 15.3 Å². The van der Waals surface area contributed by atoms with Gasteiger partial charge in [0.15, 0.2) is 0 Å². The lowest BCUT2D eigenvalue weighted by molar-refractivity contribution is -0.138. The largest absolute Gasteiger partial charge is 0.481 e. The zero-order valence-corrected chi connectivity index (χ0v) is 11.6. The van der Waals surface area contributed by atoms with Gasteiger partial charge in [-0.3, -0.25) is 4.79 Å². The van der Waals surface area contributed by atoms with Gasteiger partial charge in [-0.2, -0.15) is 0 Å². The molecule has 0 radical (unpaired) electrons. The van der Waals surface area contributed by atoms with Crippen LogP contribution in [0.25, 0.3) is 0 Å². The van der Waals surface area contributed by atoms with Gasteiger partial charge in [0.05, 0.1) is 6.42 Å². The molecule has 19 heavy (non-hydrogen) atoms. The minimum absolute atomic E-state index is 0.148. The lowest BCUT2D eigenvalue weighted by Crippen LogP contribution is -2.42. The topological polar surface area (TPSA) is 75.1 Å². The summed E-state index contributed by atoms with van der Waals surface area (Å²) in [7, 11) is 0. The molecule has 1 aromatic rings. The standard InChI is InChI=1S/C14H21N3O2/c1-10-8-12(16-11(2)15-10)17-14(9-13(18)19)6-4-3-5-7-14/h8H,3-7,9H2,1-2H3,(H,18,19)(H,15,16,17). The normalized spacial score (nSPS) is 18.0. The molecular formula is C14H21N3O2. The van der Waals surface area contributed by atoms with Crippen molar-refractivity contribution in [3.63, 3.8) is 0 Å². The van der Waals surface area contributed by atoms with Crippen LogP contribution in [-0.2, 0) is 4.79 Å². The minimum atomic E-state index is -0.753. The number of anilines is 1. The first-order valence-electron chi connectivity index (χ1n) is 6.81. The average molecular weight is 263 g/mol. The third-order valence-corrected chi connectivity index (χ3v) is 3.66. The van der Waals surface area contributed by atoms with E-state index < -0.39 is 5.97 Å². The highest BCUT2D eigenvalue weighted by Gasteiger charge is 2.34. The highest BCUT2D eigenvalue weighted by atomic mass is 16.4. The van der Waals surface area contributed by atoms with Crippen LogP contribution in [0.15, 0.2) is 6.07 Å². The first-order chi connectivity index (χ1) is 8.99. The molecule has 1 aromatic heterocycles. The Morgan fingerprint density at radius 1 is 1.32 bits per heavy atom. The van der Waals surface area contributed by atoms with E-state index in [1.807, 2.05) is 19.9 Å². The van der Waals surface area contributed by atoms with Gasteiger partial charge in [0.2, 0.25) is 0 Å². The Morgan fingerprint density at radius 2 is 2.00 bits per heavy atom. The third kappa shape index (κ3) is 3.66. The summed E-state index contributed by atoms with van der Waals surface area (Å²) in [5.41, 5.74) is 0.549. The first-order valence-corrected chi connectivity index (χ1v) is 6.81. The third-order valence-electron chi connectivity index (χ3n) is 3.66. The van der Waals surface area contributed by atoms with Crippen LogP contribution in [0.5, 0.6) is 0 Å². The average Bonchev–Trinajstić information content (AvgIpc) is 2.26. The predicted molar refractivity (Wildman–Crippen MR) is 73.2 cm³/mol. The maximum Gasteiger partial charge on any atom is 0.305 e. The summed E-state index contributed by atoms with van der Waals surface area (Å²) in [5, 5.41) is 12.5. The second-order valence-corrected chi connectivity index (χ2v) is 5.48. The SMILES string of the molecule is Cc1cc(NC2(CC(=O)O)CCCCC2)nc(C)n1. The Kier molecular flexibility index (Phi) is 4.02. The van der Waals surface area contributed by atoms with Crippen LogP contribution in [0.3, 0.4) is 0 Å². The van der Waals surface area contributed by atoms with E-state index in [4.69, 9.17) is 5.11 Å². The molecule has 0 saturated heterocycles. The van der Waals surface area contributed by atoms with Gasteiger partial charge in [-0.15, -0.1) is 0 Å². The van der Waals surface area contributed by atoms with Gasteiger partial charge in [0.25, 0.3) is 0 Å². The van der Waals surface area contributed by atoms with E-state index in [1.54, 1.807) is 0 Å². The van der Waals surface area contributed by atoms with Crippen molar-refractivity contribution in [2.75, 3.05) is 5.32 Å². The molecule has 104 valence electrons. The fourth-order valence-corrected chi connectivity index (χ4v) is 2.92. The van der Waals surface area contributed by atoms with Crippen LogP contribution in [0.2, 0.25) is 0 Å². The smallest absolute Gasteiger partial charge is 0.305 e. The summed E-state index contributed by atoms with van der Waals surface area (Å²) < 4.78 is 0. The summed E-state index contributed by atoms with van der Waals surface area (Å²) in [5.74, 6) is 0.703. The van der Waals surface area contributed by atoms with Crippen LogP contribution in [0.1, 0.15) is 50.0 Å². The fraction of sp³-hybridized carbons (Fsp3) is 0.643. The summed E-state index contributed by atoms with van der Waals surface area (Å²) in [6.07, 6.45) is 5.26. The molecule has 0 atom stereocenters. The molecule has 5 nitrogen and oxygen atoms in total. The molecule has 1 heterocycles. The second-order valence-electron chi connectivity index (χ2n) is 5.48. The highest BCUT2D eigenvalue weighted by Crippen LogP contribution is 2.34. The molecule has 1 fully saturated rings. The highest BCUT2D eigenvalue weighted by molar-refractivity contribution is 5.69. The number of hydrogen-bond donors (Lipinski definition) is 2. The number of hydrogen-bond acceptors (Lipinski definition) is 4. The number of aliphatic carboxylic acids is 1. The van der Waals surface area contributed by atoms with Crippen molar-refractivity contribution < 1.29 is 9.90 Å². The molecule has 0 aromatic carbocycles. The zero-order valence-electron chi connectivity index (χ0n) is 11.6. The van der Waals surface area contributed by atoms with Crippen molar-refractivity contribution in [3.8, 4) is 0 Å². The number of nitrogens with zero attached hydrogens (tertiary/aromatic N) is 2. The van der Waals surface area contributed by atoms with Gasteiger partial charge in [-0.05, 0) is 26.7 Å². The molecule has 2 rings (SSSR count). The van der Waals surface area contributed by atoms with Gasteiger partial charge in [0, 0.05) is 17.3 Å². The molecule has 2 N–H and O–H groups in total. The quantitative estimate of drug-likeness (QED) is 0.873. The van der Waals surface area contributed by atoms with Gasteiger partial charge >= 0.3 is 5.97 Å². The second kappa shape index (κ2) is 5.55. The minimum Gasteiger partial charge on any atom is -0.481 e. The lowest BCUT2D eigenvalue weighted by atomic mass is 9.79. The number of aromatic nitrogens is 2. The molecule has 0 bridgehead atoms. The van der Waals surface area contributed by atoms with Gasteiger partial charge in [-0.25, -0.2) is 9.97 Å². The molecule has 0 amide bonds. The van der Waals surface area contributed by atoms with Gasteiger partial charge < -0.3 is 10.4 Å². The molecule has 0 aliphatic heterocycles. The number of rotatable bonds is 4. The molecule has 0 spiro atoms. The molecular weight excluding hydrogens is 242 g/mol. The van der Waals surface area contributed by atoms with Crippen molar-refractivity contribution in [2.24, 2.45) is 0 Å². The van der Waals surface area contributed by atoms with Crippen molar-refractivity contribution in [3.05, 3.63) is 17.6 Å². The summed E-state index contributed by atoms with van der Waals surface area (Å²) in [6.45, 7) is 3.77. The Morgan fingerprint density at radius 3 is 2.58 bits per heavy atom. The van der Waals surface area contributed by atoms with Crippen molar-refractivity contribution in [2.45, 2.75) is 57.9 Å². The van der Waals surface area contributed by atoms with E-state index >= 15 is 0 Å². The Hall–Kier alpha value is -1.65. The van der Waals surface area contributed by atoms with Crippen molar-refractivity contribution in [1.82, 2.24) is 9.97 Å². The van der Waals surface area contributed by atoms with Gasteiger partial charge in [0.1, 0.15) is 11.6 Å². The zero-order chi connectivity index (χ0) is 13.9. The van der Waals surface area contributed by atoms with Gasteiger partial charge in [-0.1, -0.05) is 19.3 Å². The number of nitrogens with one attached hydrogen (secondary N) is 1. The van der Waals surface area contributed by atoms with Crippen LogP contribution >= 0.6 is 0 Å². The first kappa shape index (κ1) is 13.8. The molecule has 0 unspecified atom stereocenters. The number of aryl methyl sites for hydroxylation is 2. The summed E-state index contributed by atoms with van der Waals surface area (Å²) in [6, 6.07) is 1.88. The van der Waals surface area contributed by atoms with E-state index in [1.165, 1.54) is 6.42 Å². The maximum absolute atomic E-state index is 11.1. The molecule has 5 heteroatoms. The fourth-order valence-electron chi connectivity index (χ4n) is 2.92. The molecule has 1 saturated carbocycles. The van der Waals surface area contributed by atoms with Crippen molar-refractivity contribution in [1.29, 1.82) is 0 Å². The lowest BCUT2D eigenvalue weighted by Gasteiger charge is -2.37. The van der Waals surface area contributed by atoms with E-state index in [0.29, 0.717) is 5.82 Å². The number of carbonyl (C=O) groups is 1. The maximum atomic E-state index is 11.1. The monoisotopic (exact) mass is 263 g/mol. The molecule has 1 aliphatic carbocycles. The van der Waals surface area contributed by atoms with E-state index in [0.717, 1.165) is 37.2 Å². The van der Waals surface area contributed by atoms with Crippen LogP contribution in [0.4, 0.5) is 5.82 Å². The Labute approximate surface area is 113 Å². The molecule has 1 aliphatic rings. The van der Waals surface area contributed by atoms with Crippen molar-refractivity contribution >= 4 is 11.8 Å². The number of carboxylic acids is 1. The number of carboxylic acid groups (broad SMARTS) is 1. The van der Waals surface area contributed by atoms with Crippen LogP contribution < -0.4 is 5.32 Å². The Balaban J connectivity index is 2.21. The van der Waals surface area contributed by atoms with E-state index in [9.17, 15) is 4.79 Å². The van der Waals surface area contributed by atoms with Crippen LogP contribution in [-0.4, -0.2) is 26.6 Å². The van der Waals surface area contributed by atoms with Crippen LogP contribution in [0, 0.1) is 13.8 Å². The summed E-state index contributed by atoms with van der Waals surface area (Å²) in [4.78, 5) is 19.7.